The molecule has 0 spiro atoms. The second kappa shape index (κ2) is 5.14. The molecule has 1 aliphatic rings. The van der Waals surface area contributed by atoms with Crippen LogP contribution in [0.15, 0.2) is 28.7 Å². The summed E-state index contributed by atoms with van der Waals surface area (Å²) in [7, 11) is -2.95. The highest BCUT2D eigenvalue weighted by Gasteiger charge is 2.31. The first-order valence-corrected chi connectivity index (χ1v) is 9.29. The Balaban J connectivity index is 2.00. The van der Waals surface area contributed by atoms with Gasteiger partial charge in [0.15, 0.2) is 9.84 Å². The van der Waals surface area contributed by atoms with Crippen LogP contribution in [0.2, 0.25) is 0 Å². The number of sulfone groups is 1. The Labute approximate surface area is 132 Å². The quantitative estimate of drug-likeness (QED) is 0.881. The van der Waals surface area contributed by atoms with Gasteiger partial charge in [0, 0.05) is 16.1 Å². The molecule has 5 nitrogen and oxygen atoms in total. The maximum absolute atomic E-state index is 11.6. The number of nitrogens with two attached hydrogens (primary N) is 1. The van der Waals surface area contributed by atoms with Crippen LogP contribution in [-0.2, 0) is 9.84 Å². The number of benzene rings is 1. The molecule has 2 N–H and O–H groups in total. The molecule has 0 amide bonds. The lowest BCUT2D eigenvalue weighted by Crippen LogP contribution is -2.14. The van der Waals surface area contributed by atoms with Crippen molar-refractivity contribution >= 4 is 31.6 Å². The lowest BCUT2D eigenvalue weighted by atomic mass is 10.1. The summed E-state index contributed by atoms with van der Waals surface area (Å²) in [4.78, 5) is 0. The van der Waals surface area contributed by atoms with E-state index in [1.807, 2.05) is 25.1 Å². The third kappa shape index (κ3) is 2.85. The maximum atomic E-state index is 11.6. The van der Waals surface area contributed by atoms with E-state index >= 15 is 0 Å². The number of anilines is 1. The number of hydrogen-bond acceptors (Lipinski definition) is 4. The number of halogens is 1. The molecule has 1 aromatic heterocycles. The topological polar surface area (TPSA) is 78.0 Å². The van der Waals surface area contributed by atoms with Gasteiger partial charge in [0.05, 0.1) is 23.2 Å². The molecule has 21 heavy (non-hydrogen) atoms. The predicted molar refractivity (Wildman–Crippen MR) is 86.8 cm³/mol. The Morgan fingerprint density at radius 2 is 2.14 bits per heavy atom. The Hall–Kier alpha value is -1.34. The van der Waals surface area contributed by atoms with Crippen molar-refractivity contribution in [3.05, 3.63) is 34.3 Å². The molecular weight excluding hydrogens is 354 g/mol. The van der Waals surface area contributed by atoms with Crippen molar-refractivity contribution in [3.8, 4) is 11.3 Å². The number of rotatable bonds is 2. The number of hydrogen-bond donors (Lipinski definition) is 1. The van der Waals surface area contributed by atoms with Crippen LogP contribution in [0.3, 0.4) is 0 Å². The fraction of sp³-hybridized carbons (Fsp3) is 0.357. The van der Waals surface area contributed by atoms with Gasteiger partial charge in [0.2, 0.25) is 0 Å². The average Bonchev–Trinajstić information content (AvgIpc) is 2.95. The van der Waals surface area contributed by atoms with Crippen LogP contribution >= 0.6 is 15.9 Å². The molecule has 1 atom stereocenters. The molecule has 7 heteroatoms. The third-order valence-corrected chi connectivity index (χ3v) is 6.04. The highest BCUT2D eigenvalue weighted by Crippen LogP contribution is 2.31. The minimum absolute atomic E-state index is 0.121. The van der Waals surface area contributed by atoms with Gasteiger partial charge in [-0.2, -0.15) is 5.10 Å². The van der Waals surface area contributed by atoms with Crippen molar-refractivity contribution in [1.29, 1.82) is 0 Å². The van der Waals surface area contributed by atoms with E-state index in [0.717, 1.165) is 21.3 Å². The zero-order valence-electron chi connectivity index (χ0n) is 11.6. The Morgan fingerprint density at radius 1 is 1.38 bits per heavy atom. The summed E-state index contributed by atoms with van der Waals surface area (Å²) in [6.07, 6.45) is 0.575. The Morgan fingerprint density at radius 3 is 2.81 bits per heavy atom. The highest BCUT2D eigenvalue weighted by atomic mass is 79.9. The molecule has 3 rings (SSSR count). The summed E-state index contributed by atoms with van der Waals surface area (Å²) in [6, 6.07) is 7.63. The van der Waals surface area contributed by atoms with Crippen LogP contribution in [0.5, 0.6) is 0 Å². The molecule has 1 aliphatic heterocycles. The van der Waals surface area contributed by atoms with Gasteiger partial charge >= 0.3 is 0 Å². The first kappa shape index (κ1) is 14.6. The number of aromatic nitrogens is 2. The first-order valence-electron chi connectivity index (χ1n) is 6.68. The highest BCUT2D eigenvalue weighted by molar-refractivity contribution is 9.10. The Bertz CT molecular complexity index is 799. The van der Waals surface area contributed by atoms with E-state index in [1.54, 1.807) is 10.7 Å². The van der Waals surface area contributed by atoms with E-state index < -0.39 is 9.84 Å². The number of nitrogen functional groups attached to an aromatic ring is 1. The molecule has 0 saturated carbocycles. The van der Waals surface area contributed by atoms with Crippen LogP contribution in [0, 0.1) is 6.92 Å². The van der Waals surface area contributed by atoms with Crippen molar-refractivity contribution in [2.75, 3.05) is 17.2 Å². The van der Waals surface area contributed by atoms with Gasteiger partial charge in [-0.1, -0.05) is 22.0 Å². The Kier molecular flexibility index (Phi) is 3.57. The standard InChI is InChI=1S/C14H16BrN3O2S/c1-9-2-3-10(15)6-12(9)13-7-14(16)18(17-13)11-4-5-21(19,20)8-11/h2-3,6-7,11H,4-5,8,16H2,1H3. The summed E-state index contributed by atoms with van der Waals surface area (Å²) in [5.74, 6) is 0.837. The van der Waals surface area contributed by atoms with Crippen LogP contribution < -0.4 is 5.73 Å². The third-order valence-electron chi connectivity index (χ3n) is 3.79. The van der Waals surface area contributed by atoms with Crippen molar-refractivity contribution in [3.63, 3.8) is 0 Å². The van der Waals surface area contributed by atoms with Crippen LogP contribution in [0.25, 0.3) is 11.3 Å². The molecule has 112 valence electrons. The lowest BCUT2D eigenvalue weighted by Gasteiger charge is -2.10. The van der Waals surface area contributed by atoms with E-state index in [9.17, 15) is 8.42 Å². The zero-order chi connectivity index (χ0) is 15.2. The largest absolute Gasteiger partial charge is 0.384 e. The number of aryl methyl sites for hydroxylation is 1. The molecule has 2 aromatic rings. The van der Waals surface area contributed by atoms with Gasteiger partial charge in [0.25, 0.3) is 0 Å². The molecule has 1 unspecified atom stereocenters. The fourth-order valence-electron chi connectivity index (χ4n) is 2.67. The first-order chi connectivity index (χ1) is 9.85. The minimum atomic E-state index is -2.95. The average molecular weight is 370 g/mol. The summed E-state index contributed by atoms with van der Waals surface area (Å²) in [5.41, 5.74) is 8.90. The second-order valence-corrected chi connectivity index (χ2v) is 8.56. The molecule has 0 aliphatic carbocycles. The van der Waals surface area contributed by atoms with E-state index in [0.29, 0.717) is 12.2 Å². The predicted octanol–water partition coefficient (Wildman–Crippen LogP) is 2.56. The smallest absolute Gasteiger partial charge is 0.152 e. The molecule has 2 heterocycles. The van der Waals surface area contributed by atoms with Gasteiger partial charge in [-0.05, 0) is 31.0 Å². The fourth-order valence-corrected chi connectivity index (χ4v) is 4.72. The van der Waals surface area contributed by atoms with Crippen LogP contribution in [-0.4, -0.2) is 29.7 Å². The van der Waals surface area contributed by atoms with Gasteiger partial charge in [-0.25, -0.2) is 13.1 Å². The van der Waals surface area contributed by atoms with E-state index in [1.165, 1.54) is 0 Å². The van der Waals surface area contributed by atoms with E-state index in [4.69, 9.17) is 5.73 Å². The van der Waals surface area contributed by atoms with Crippen LogP contribution in [0.1, 0.15) is 18.0 Å². The van der Waals surface area contributed by atoms with Gasteiger partial charge in [0.1, 0.15) is 5.82 Å². The zero-order valence-corrected chi connectivity index (χ0v) is 14.0. The number of nitrogens with zero attached hydrogens (tertiary/aromatic N) is 2. The van der Waals surface area contributed by atoms with Gasteiger partial charge in [-0.15, -0.1) is 0 Å². The maximum Gasteiger partial charge on any atom is 0.152 e. The van der Waals surface area contributed by atoms with Crippen molar-refractivity contribution in [2.24, 2.45) is 0 Å². The molecule has 0 radical (unpaired) electrons. The molecule has 0 bridgehead atoms. The van der Waals surface area contributed by atoms with Crippen LogP contribution in [0.4, 0.5) is 5.82 Å². The van der Waals surface area contributed by atoms with E-state index in [-0.39, 0.29) is 17.5 Å². The van der Waals surface area contributed by atoms with Crippen molar-refractivity contribution in [1.82, 2.24) is 9.78 Å². The normalized spacial score (nSPS) is 20.8. The monoisotopic (exact) mass is 369 g/mol. The van der Waals surface area contributed by atoms with Gasteiger partial charge < -0.3 is 5.73 Å². The molecule has 1 fully saturated rings. The summed E-state index contributed by atoms with van der Waals surface area (Å²) >= 11 is 3.45. The molecular formula is C14H16BrN3O2S. The molecule has 1 aromatic carbocycles. The van der Waals surface area contributed by atoms with Gasteiger partial charge in [-0.3, -0.25) is 0 Å². The summed E-state index contributed by atoms with van der Waals surface area (Å²) in [6.45, 7) is 2.01. The summed E-state index contributed by atoms with van der Waals surface area (Å²) in [5, 5.41) is 4.54. The minimum Gasteiger partial charge on any atom is -0.384 e. The van der Waals surface area contributed by atoms with E-state index in [2.05, 4.69) is 21.0 Å². The second-order valence-electron chi connectivity index (χ2n) is 5.42. The summed E-state index contributed by atoms with van der Waals surface area (Å²) < 4.78 is 25.9. The molecule has 1 saturated heterocycles. The SMILES string of the molecule is Cc1ccc(Br)cc1-c1cc(N)n(C2CCS(=O)(=O)C2)n1. The van der Waals surface area contributed by atoms with Crippen molar-refractivity contribution < 1.29 is 8.42 Å². The van der Waals surface area contributed by atoms with Crippen molar-refractivity contribution in [2.45, 2.75) is 19.4 Å². The lowest BCUT2D eigenvalue weighted by molar-refractivity contribution is 0.508.